The van der Waals surface area contributed by atoms with Crippen LogP contribution in [0.4, 0.5) is 4.39 Å². The van der Waals surface area contributed by atoms with Crippen molar-refractivity contribution in [2.24, 2.45) is 0 Å². The highest BCUT2D eigenvalue weighted by Crippen LogP contribution is 2.28. The molecular weight excluding hydrogens is 273 g/mol. The Morgan fingerprint density at radius 1 is 1.38 bits per heavy atom. The number of nitrogens with zero attached hydrogens (tertiary/aromatic N) is 3. The second-order valence-electron chi connectivity index (χ2n) is 3.78. The van der Waals surface area contributed by atoms with Crippen LogP contribution in [0.25, 0.3) is 11.4 Å². The van der Waals surface area contributed by atoms with Gasteiger partial charge in [-0.2, -0.15) is 0 Å². The fraction of sp³-hybridized carbons (Fsp3) is 0.273. The minimum atomic E-state index is -0.272. The molecule has 0 unspecified atom stereocenters. The van der Waals surface area contributed by atoms with Crippen molar-refractivity contribution in [1.82, 2.24) is 14.8 Å². The number of hydrogen-bond donors (Lipinski definition) is 0. The van der Waals surface area contributed by atoms with Gasteiger partial charge >= 0.3 is 0 Å². The van der Waals surface area contributed by atoms with E-state index in [1.807, 2.05) is 18.4 Å². The van der Waals surface area contributed by atoms with Crippen LogP contribution < -0.4 is 0 Å². The molecule has 0 bridgehead atoms. The normalized spacial score (nSPS) is 11.1. The van der Waals surface area contributed by atoms with Crippen LogP contribution in [0.3, 0.4) is 0 Å². The quantitative estimate of drug-likeness (QED) is 0.846. The fourth-order valence-corrected chi connectivity index (χ4v) is 2.01. The molecule has 0 aliphatic rings. The van der Waals surface area contributed by atoms with E-state index in [1.165, 1.54) is 12.1 Å². The van der Waals surface area contributed by atoms with E-state index in [4.69, 9.17) is 0 Å². The molecule has 2 aromatic rings. The Morgan fingerprint density at radius 2 is 2.12 bits per heavy atom. The van der Waals surface area contributed by atoms with Crippen molar-refractivity contribution in [2.75, 3.05) is 0 Å². The van der Waals surface area contributed by atoms with Gasteiger partial charge in [-0.1, -0.05) is 0 Å². The third-order valence-corrected chi connectivity index (χ3v) is 2.96. The summed E-state index contributed by atoms with van der Waals surface area (Å²) in [6.07, 6.45) is 1.68. The molecule has 0 spiro atoms. The maximum Gasteiger partial charge on any atom is 0.165 e. The average molecular weight is 284 g/mol. The smallest absolute Gasteiger partial charge is 0.165 e. The van der Waals surface area contributed by atoms with Crippen LogP contribution in [0.15, 0.2) is 29.0 Å². The van der Waals surface area contributed by atoms with Gasteiger partial charge in [-0.3, -0.25) is 0 Å². The van der Waals surface area contributed by atoms with E-state index in [-0.39, 0.29) is 11.9 Å². The lowest BCUT2D eigenvalue weighted by Gasteiger charge is -2.10. The van der Waals surface area contributed by atoms with Crippen LogP contribution in [0, 0.1) is 5.82 Å². The zero-order valence-electron chi connectivity index (χ0n) is 8.98. The molecule has 0 saturated heterocycles. The van der Waals surface area contributed by atoms with Gasteiger partial charge < -0.3 is 4.57 Å². The summed E-state index contributed by atoms with van der Waals surface area (Å²) in [6, 6.07) is 4.80. The predicted molar refractivity (Wildman–Crippen MR) is 63.5 cm³/mol. The highest BCUT2D eigenvalue weighted by atomic mass is 79.9. The van der Waals surface area contributed by atoms with E-state index in [0.717, 1.165) is 11.4 Å². The highest BCUT2D eigenvalue weighted by molar-refractivity contribution is 9.10. The second-order valence-corrected chi connectivity index (χ2v) is 4.63. The first-order valence-corrected chi connectivity index (χ1v) is 5.74. The number of rotatable bonds is 2. The van der Waals surface area contributed by atoms with E-state index >= 15 is 0 Å². The number of halogens is 2. The summed E-state index contributed by atoms with van der Waals surface area (Å²) in [4.78, 5) is 0. The maximum atomic E-state index is 13.0. The van der Waals surface area contributed by atoms with Crippen LogP contribution in [0.1, 0.15) is 19.9 Å². The summed E-state index contributed by atoms with van der Waals surface area (Å²) in [5, 5.41) is 7.94. The molecule has 0 atom stereocenters. The lowest BCUT2D eigenvalue weighted by Crippen LogP contribution is -2.02. The minimum absolute atomic E-state index is 0.266. The van der Waals surface area contributed by atoms with E-state index in [0.29, 0.717) is 4.47 Å². The van der Waals surface area contributed by atoms with Crippen molar-refractivity contribution in [3.63, 3.8) is 0 Å². The average Bonchev–Trinajstić information content (AvgIpc) is 2.66. The third kappa shape index (κ3) is 2.00. The highest BCUT2D eigenvalue weighted by Gasteiger charge is 2.12. The molecule has 0 N–H and O–H groups in total. The number of aromatic nitrogens is 3. The molecule has 0 aliphatic heterocycles. The Balaban J connectivity index is 2.54. The monoisotopic (exact) mass is 283 g/mol. The molecule has 0 amide bonds. The summed E-state index contributed by atoms with van der Waals surface area (Å²) in [7, 11) is 0. The SMILES string of the molecule is CC(C)n1cnnc1-c1ccc(F)cc1Br. The van der Waals surface area contributed by atoms with Gasteiger partial charge in [0.1, 0.15) is 12.1 Å². The summed E-state index contributed by atoms with van der Waals surface area (Å²) >= 11 is 3.33. The van der Waals surface area contributed by atoms with Crippen molar-refractivity contribution >= 4 is 15.9 Å². The zero-order valence-corrected chi connectivity index (χ0v) is 10.6. The predicted octanol–water partition coefficient (Wildman–Crippen LogP) is 3.43. The second kappa shape index (κ2) is 4.33. The van der Waals surface area contributed by atoms with Crippen molar-refractivity contribution in [1.29, 1.82) is 0 Å². The zero-order chi connectivity index (χ0) is 11.7. The van der Waals surface area contributed by atoms with Gasteiger partial charge in [0.2, 0.25) is 0 Å². The summed E-state index contributed by atoms with van der Waals surface area (Å²) in [5.74, 6) is 0.466. The third-order valence-electron chi connectivity index (χ3n) is 2.30. The Morgan fingerprint density at radius 3 is 2.75 bits per heavy atom. The maximum absolute atomic E-state index is 13.0. The molecule has 0 saturated carbocycles. The molecular formula is C11H11BrFN3. The fourth-order valence-electron chi connectivity index (χ4n) is 1.48. The molecule has 2 rings (SSSR count). The Hall–Kier alpha value is -1.23. The summed E-state index contributed by atoms with van der Waals surface area (Å²) < 4.78 is 15.6. The van der Waals surface area contributed by atoms with Crippen LogP contribution in [-0.2, 0) is 0 Å². The van der Waals surface area contributed by atoms with Crippen molar-refractivity contribution < 1.29 is 4.39 Å². The molecule has 1 heterocycles. The van der Waals surface area contributed by atoms with Crippen LogP contribution in [-0.4, -0.2) is 14.8 Å². The van der Waals surface area contributed by atoms with Crippen LogP contribution in [0.2, 0.25) is 0 Å². The van der Waals surface area contributed by atoms with E-state index in [2.05, 4.69) is 26.1 Å². The molecule has 16 heavy (non-hydrogen) atoms. The topological polar surface area (TPSA) is 30.7 Å². The Bertz CT molecular complexity index is 508. The van der Waals surface area contributed by atoms with E-state index < -0.39 is 0 Å². The Labute approximate surface area is 101 Å². The van der Waals surface area contributed by atoms with Gasteiger partial charge in [-0.15, -0.1) is 10.2 Å². The van der Waals surface area contributed by atoms with Gasteiger partial charge in [0.25, 0.3) is 0 Å². The van der Waals surface area contributed by atoms with Crippen molar-refractivity contribution in [2.45, 2.75) is 19.9 Å². The van der Waals surface area contributed by atoms with Gasteiger partial charge in [0.05, 0.1) is 0 Å². The molecule has 5 heteroatoms. The standard InChI is InChI=1S/C11H11BrFN3/c1-7(2)16-6-14-15-11(16)9-4-3-8(13)5-10(9)12/h3-7H,1-2H3. The summed E-state index contributed by atoms with van der Waals surface area (Å²) in [5.41, 5.74) is 0.840. The van der Waals surface area contributed by atoms with E-state index in [1.54, 1.807) is 12.4 Å². The summed E-state index contributed by atoms with van der Waals surface area (Å²) in [6.45, 7) is 4.09. The van der Waals surface area contributed by atoms with Crippen LogP contribution >= 0.6 is 15.9 Å². The first-order valence-electron chi connectivity index (χ1n) is 4.94. The van der Waals surface area contributed by atoms with Gasteiger partial charge in [-0.05, 0) is 48.0 Å². The molecule has 1 aromatic heterocycles. The number of benzene rings is 1. The minimum Gasteiger partial charge on any atom is -0.311 e. The first kappa shape index (κ1) is 11.3. The largest absolute Gasteiger partial charge is 0.311 e. The molecule has 1 aromatic carbocycles. The molecule has 0 fully saturated rings. The van der Waals surface area contributed by atoms with Gasteiger partial charge in [0, 0.05) is 16.1 Å². The van der Waals surface area contributed by atoms with E-state index in [9.17, 15) is 4.39 Å². The molecule has 0 aliphatic carbocycles. The molecule has 84 valence electrons. The van der Waals surface area contributed by atoms with Crippen LogP contribution in [0.5, 0.6) is 0 Å². The lowest BCUT2D eigenvalue weighted by atomic mass is 10.2. The molecule has 3 nitrogen and oxygen atoms in total. The van der Waals surface area contributed by atoms with Crippen molar-refractivity contribution in [3.8, 4) is 11.4 Å². The Kier molecular flexibility index (Phi) is 3.05. The van der Waals surface area contributed by atoms with Gasteiger partial charge in [-0.25, -0.2) is 4.39 Å². The lowest BCUT2D eigenvalue weighted by molar-refractivity contribution is 0.603. The first-order chi connectivity index (χ1) is 7.59. The van der Waals surface area contributed by atoms with Crippen molar-refractivity contribution in [3.05, 3.63) is 34.8 Å². The van der Waals surface area contributed by atoms with Gasteiger partial charge in [0.15, 0.2) is 5.82 Å². The number of hydrogen-bond acceptors (Lipinski definition) is 2. The molecule has 0 radical (unpaired) electrons.